The molecule has 2 aliphatic carbocycles. The average Bonchev–Trinajstić information content (AvgIpc) is 3.12. The third-order valence-electron chi connectivity index (χ3n) is 7.75. The summed E-state index contributed by atoms with van der Waals surface area (Å²) in [5, 5.41) is 14.7. The SMILES string of the molecule is CC(C)(C)[Si](C)(C)OC[C@]12Cc3cnn(-c4ccc(F)cc4)c3C=C1CC[C@@H](CO)C2. The summed E-state index contributed by atoms with van der Waals surface area (Å²) in [6.07, 6.45) is 8.04. The first-order valence-electron chi connectivity index (χ1n) is 11.3. The van der Waals surface area contributed by atoms with E-state index in [1.165, 1.54) is 23.3 Å². The van der Waals surface area contributed by atoms with Crippen LogP contribution in [0.3, 0.4) is 0 Å². The molecule has 1 aromatic heterocycles. The average molecular weight is 443 g/mol. The number of rotatable bonds is 5. The zero-order chi connectivity index (χ0) is 22.4. The molecule has 0 unspecified atom stereocenters. The molecular weight excluding hydrogens is 407 g/mol. The fourth-order valence-corrected chi connectivity index (χ4v) is 5.78. The molecule has 0 radical (unpaired) electrons. The monoisotopic (exact) mass is 442 g/mol. The van der Waals surface area contributed by atoms with E-state index in [2.05, 4.69) is 45.0 Å². The van der Waals surface area contributed by atoms with Crippen molar-refractivity contribution in [3.05, 3.63) is 53.1 Å². The Bertz CT molecular complexity index is 974. The van der Waals surface area contributed by atoms with E-state index in [1.54, 1.807) is 12.1 Å². The molecule has 4 rings (SSSR count). The zero-order valence-corrected chi connectivity index (χ0v) is 20.4. The summed E-state index contributed by atoms with van der Waals surface area (Å²) in [5.74, 6) is 0.0705. The first-order valence-corrected chi connectivity index (χ1v) is 14.2. The van der Waals surface area contributed by atoms with Crippen LogP contribution in [0.5, 0.6) is 0 Å². The van der Waals surface area contributed by atoms with Gasteiger partial charge in [0.1, 0.15) is 5.82 Å². The Labute approximate surface area is 186 Å². The highest BCUT2D eigenvalue weighted by Crippen LogP contribution is 2.51. The molecule has 168 valence electrons. The van der Waals surface area contributed by atoms with E-state index in [0.717, 1.165) is 37.1 Å². The fraction of sp³-hybridized carbons (Fsp3) is 0.560. The van der Waals surface area contributed by atoms with Crippen molar-refractivity contribution in [3.8, 4) is 5.69 Å². The molecule has 1 fully saturated rings. The van der Waals surface area contributed by atoms with Gasteiger partial charge in [-0.05, 0) is 85.6 Å². The molecule has 31 heavy (non-hydrogen) atoms. The highest BCUT2D eigenvalue weighted by atomic mass is 28.4. The number of benzene rings is 1. The van der Waals surface area contributed by atoms with Crippen LogP contribution in [-0.2, 0) is 10.8 Å². The Balaban J connectivity index is 1.69. The van der Waals surface area contributed by atoms with Crippen molar-refractivity contribution in [1.29, 1.82) is 0 Å². The van der Waals surface area contributed by atoms with Crippen LogP contribution in [0.25, 0.3) is 11.8 Å². The van der Waals surface area contributed by atoms with Crippen LogP contribution < -0.4 is 0 Å². The van der Waals surface area contributed by atoms with Crippen molar-refractivity contribution in [2.45, 2.75) is 64.6 Å². The molecule has 2 aromatic rings. The zero-order valence-electron chi connectivity index (χ0n) is 19.4. The molecule has 0 amide bonds. The molecule has 2 atom stereocenters. The van der Waals surface area contributed by atoms with Crippen LogP contribution >= 0.6 is 0 Å². The molecule has 0 saturated heterocycles. The Hall–Kier alpha value is -1.76. The van der Waals surface area contributed by atoms with Crippen LogP contribution in [0.15, 0.2) is 36.0 Å². The Morgan fingerprint density at radius 2 is 1.97 bits per heavy atom. The molecule has 1 aromatic carbocycles. The number of aliphatic hydroxyl groups excluding tert-OH is 1. The van der Waals surface area contributed by atoms with E-state index >= 15 is 0 Å². The molecular formula is C25H35FN2O2Si. The van der Waals surface area contributed by atoms with Crippen LogP contribution in [-0.4, -0.2) is 36.4 Å². The molecule has 0 aliphatic heterocycles. The van der Waals surface area contributed by atoms with Crippen LogP contribution in [0.2, 0.25) is 18.1 Å². The summed E-state index contributed by atoms with van der Waals surface area (Å²) in [6.45, 7) is 12.4. The number of nitrogens with zero attached hydrogens (tertiary/aromatic N) is 2. The van der Waals surface area contributed by atoms with Crippen LogP contribution in [0.4, 0.5) is 4.39 Å². The third-order valence-corrected chi connectivity index (χ3v) is 12.2. The van der Waals surface area contributed by atoms with Gasteiger partial charge in [0.15, 0.2) is 8.32 Å². The molecule has 4 nitrogen and oxygen atoms in total. The summed E-state index contributed by atoms with van der Waals surface area (Å²) >= 11 is 0. The minimum Gasteiger partial charge on any atom is -0.416 e. The Morgan fingerprint density at radius 1 is 1.26 bits per heavy atom. The summed E-state index contributed by atoms with van der Waals surface area (Å²) in [4.78, 5) is 0. The van der Waals surface area contributed by atoms with Crippen molar-refractivity contribution in [2.75, 3.05) is 13.2 Å². The first kappa shape index (κ1) is 22.4. The Kier molecular flexibility index (Phi) is 5.77. The van der Waals surface area contributed by atoms with Gasteiger partial charge in [-0.25, -0.2) is 9.07 Å². The molecule has 2 aliphatic rings. The van der Waals surface area contributed by atoms with E-state index in [4.69, 9.17) is 4.43 Å². The number of hydrogen-bond acceptors (Lipinski definition) is 3. The first-order chi connectivity index (χ1) is 14.5. The van der Waals surface area contributed by atoms with Gasteiger partial charge in [0.25, 0.3) is 0 Å². The van der Waals surface area contributed by atoms with Gasteiger partial charge in [-0.2, -0.15) is 5.10 Å². The van der Waals surface area contributed by atoms with Crippen LogP contribution in [0.1, 0.15) is 51.3 Å². The number of halogens is 1. The van der Waals surface area contributed by atoms with Crippen molar-refractivity contribution in [2.24, 2.45) is 11.3 Å². The predicted molar refractivity (Wildman–Crippen MR) is 125 cm³/mol. The lowest BCUT2D eigenvalue weighted by Gasteiger charge is -2.47. The van der Waals surface area contributed by atoms with Crippen molar-refractivity contribution >= 4 is 14.4 Å². The molecule has 0 bridgehead atoms. The molecule has 1 heterocycles. The van der Waals surface area contributed by atoms with Gasteiger partial charge in [0.05, 0.1) is 17.6 Å². The minimum absolute atomic E-state index is 0.0785. The smallest absolute Gasteiger partial charge is 0.192 e. The summed E-state index contributed by atoms with van der Waals surface area (Å²) in [5.41, 5.74) is 4.49. The van der Waals surface area contributed by atoms with Gasteiger partial charge in [0.2, 0.25) is 0 Å². The predicted octanol–water partition coefficient (Wildman–Crippen LogP) is 5.75. The molecule has 1 N–H and O–H groups in total. The van der Waals surface area contributed by atoms with Gasteiger partial charge < -0.3 is 9.53 Å². The van der Waals surface area contributed by atoms with Crippen molar-refractivity contribution < 1.29 is 13.9 Å². The maximum absolute atomic E-state index is 13.4. The number of fused-ring (bicyclic) bond motifs is 2. The number of hydrogen-bond donors (Lipinski definition) is 1. The second kappa shape index (κ2) is 7.98. The van der Waals surface area contributed by atoms with Crippen LogP contribution in [0, 0.1) is 17.2 Å². The summed E-state index contributed by atoms with van der Waals surface area (Å²) in [6, 6.07) is 6.49. The number of aliphatic hydroxyl groups is 1. The Morgan fingerprint density at radius 3 is 2.61 bits per heavy atom. The van der Waals surface area contributed by atoms with Crippen molar-refractivity contribution in [1.82, 2.24) is 9.78 Å². The minimum atomic E-state index is -1.89. The maximum atomic E-state index is 13.4. The molecule has 0 spiro atoms. The highest BCUT2D eigenvalue weighted by Gasteiger charge is 2.46. The van der Waals surface area contributed by atoms with E-state index in [1.807, 2.05) is 10.9 Å². The van der Waals surface area contributed by atoms with E-state index < -0.39 is 8.32 Å². The second-order valence-electron chi connectivity index (χ2n) is 10.9. The fourth-order valence-electron chi connectivity index (χ4n) is 4.71. The normalized spacial score (nSPS) is 23.8. The summed E-state index contributed by atoms with van der Waals surface area (Å²) < 4.78 is 22.1. The van der Waals surface area contributed by atoms with Gasteiger partial charge >= 0.3 is 0 Å². The third kappa shape index (κ3) is 4.17. The van der Waals surface area contributed by atoms with Gasteiger partial charge in [-0.1, -0.05) is 26.3 Å². The number of aromatic nitrogens is 2. The van der Waals surface area contributed by atoms with E-state index in [0.29, 0.717) is 12.5 Å². The van der Waals surface area contributed by atoms with E-state index in [9.17, 15) is 9.50 Å². The lowest BCUT2D eigenvalue weighted by atomic mass is 9.62. The van der Waals surface area contributed by atoms with Gasteiger partial charge in [-0.15, -0.1) is 0 Å². The van der Waals surface area contributed by atoms with Gasteiger partial charge in [-0.3, -0.25) is 0 Å². The lowest BCUT2D eigenvalue weighted by molar-refractivity contribution is 0.0839. The topological polar surface area (TPSA) is 47.3 Å². The van der Waals surface area contributed by atoms with Gasteiger partial charge in [0, 0.05) is 18.6 Å². The second-order valence-corrected chi connectivity index (χ2v) is 15.7. The highest BCUT2D eigenvalue weighted by molar-refractivity contribution is 6.74. The lowest BCUT2D eigenvalue weighted by Crippen LogP contribution is -2.47. The maximum Gasteiger partial charge on any atom is 0.192 e. The van der Waals surface area contributed by atoms with E-state index in [-0.39, 0.29) is 22.9 Å². The largest absolute Gasteiger partial charge is 0.416 e. The molecule has 1 saturated carbocycles. The standard InChI is InChI=1S/C25H35FN2O2Si/c1-24(2,3)31(4,5)30-17-25-13-18(16-29)6-7-20(25)12-23-19(14-25)15-27-28(23)22-10-8-21(26)9-11-22/h8-12,15,18,29H,6-7,13-14,16-17H2,1-5H3/t18-,25+/m1/s1. The summed E-state index contributed by atoms with van der Waals surface area (Å²) in [7, 11) is -1.89. The molecule has 6 heteroatoms. The quantitative estimate of drug-likeness (QED) is 0.600. The van der Waals surface area contributed by atoms with Crippen molar-refractivity contribution in [3.63, 3.8) is 0 Å².